The van der Waals surface area contributed by atoms with Gasteiger partial charge in [0.05, 0.1) is 19.0 Å². The third kappa shape index (κ3) is 9.72. The van der Waals surface area contributed by atoms with Gasteiger partial charge in [0.15, 0.2) is 5.82 Å². The molecule has 0 unspecified atom stereocenters. The molecule has 2 aromatic heterocycles. The number of aliphatic hydroxyl groups excluding tert-OH is 1. The number of tetrazole rings is 1. The zero-order valence-corrected chi connectivity index (χ0v) is 23.1. The minimum Gasteiger partial charge on any atom is -0.391 e. The largest absolute Gasteiger partial charge is 0.391 e. The van der Waals surface area contributed by atoms with Gasteiger partial charge in [-0.1, -0.05) is 5.21 Å². The van der Waals surface area contributed by atoms with Gasteiger partial charge in [-0.25, -0.2) is 4.98 Å². The highest BCUT2D eigenvalue weighted by Crippen LogP contribution is 2.16. The summed E-state index contributed by atoms with van der Waals surface area (Å²) in [6.07, 6.45) is 2.22. The molecule has 220 valence electrons. The number of imidazole rings is 1. The molecule has 0 aliphatic rings. The van der Waals surface area contributed by atoms with Gasteiger partial charge in [-0.3, -0.25) is 24.0 Å². The number of H-pyrrole nitrogens is 2. The number of aromatic amines is 2. The normalized spacial score (nSPS) is 13.6. The van der Waals surface area contributed by atoms with Crippen molar-refractivity contribution in [3.8, 4) is 0 Å². The standard InChI is InChI=1S/C23H37N11O6/c1-12(2)28-20(38)18(13(3)35)30-17(36)10-26-19(37)15(8-16-31-33-34-32-16)29-22(40)23(4,5)21(39)25-7-6-14-9-24-11-27-14/h9,11-13,15,18,35H,6-8,10H2,1-5H3,(H,24,27)(H,25,39)(H,26,37)(H,28,38)(H,29,40)(H,30,36)(H,31,32,33,34)/t13-,15+,18+/m1/s1. The third-order valence-corrected chi connectivity index (χ3v) is 5.70. The van der Waals surface area contributed by atoms with Gasteiger partial charge in [0, 0.05) is 37.3 Å². The second kappa shape index (κ2) is 14.7. The lowest BCUT2D eigenvalue weighted by Gasteiger charge is -2.26. The number of amides is 5. The average molecular weight is 564 g/mol. The zero-order chi connectivity index (χ0) is 29.9. The van der Waals surface area contributed by atoms with Crippen molar-refractivity contribution in [1.82, 2.24) is 57.2 Å². The highest BCUT2D eigenvalue weighted by Gasteiger charge is 2.38. The van der Waals surface area contributed by atoms with E-state index in [0.717, 1.165) is 5.69 Å². The summed E-state index contributed by atoms with van der Waals surface area (Å²) >= 11 is 0. The van der Waals surface area contributed by atoms with E-state index in [0.29, 0.717) is 6.42 Å². The lowest BCUT2D eigenvalue weighted by atomic mass is 9.90. The van der Waals surface area contributed by atoms with Crippen LogP contribution in [0.2, 0.25) is 0 Å². The van der Waals surface area contributed by atoms with E-state index in [2.05, 4.69) is 57.2 Å². The summed E-state index contributed by atoms with van der Waals surface area (Å²) in [5, 5.41) is 35.7. The molecule has 0 radical (unpaired) electrons. The predicted octanol–water partition coefficient (Wildman–Crippen LogP) is -3.16. The first-order valence-corrected chi connectivity index (χ1v) is 12.7. The van der Waals surface area contributed by atoms with Gasteiger partial charge in [-0.2, -0.15) is 5.21 Å². The number of aromatic nitrogens is 6. The van der Waals surface area contributed by atoms with Crippen molar-refractivity contribution < 1.29 is 29.1 Å². The predicted molar refractivity (Wildman–Crippen MR) is 139 cm³/mol. The van der Waals surface area contributed by atoms with Crippen LogP contribution >= 0.6 is 0 Å². The summed E-state index contributed by atoms with van der Waals surface area (Å²) in [6, 6.07) is -2.73. The molecule has 0 spiro atoms. The van der Waals surface area contributed by atoms with Crippen LogP contribution in [0.25, 0.3) is 0 Å². The Morgan fingerprint density at radius 1 is 1.00 bits per heavy atom. The second-order valence-electron chi connectivity index (χ2n) is 9.93. The fourth-order valence-electron chi connectivity index (χ4n) is 3.35. The van der Waals surface area contributed by atoms with Crippen LogP contribution in [0.1, 0.15) is 46.1 Å². The molecule has 40 heavy (non-hydrogen) atoms. The van der Waals surface area contributed by atoms with Gasteiger partial charge in [-0.15, -0.1) is 10.2 Å². The number of nitrogens with one attached hydrogen (secondary N) is 7. The van der Waals surface area contributed by atoms with Gasteiger partial charge >= 0.3 is 0 Å². The maximum Gasteiger partial charge on any atom is 0.245 e. The molecule has 5 amide bonds. The molecular formula is C23H37N11O6. The first-order valence-electron chi connectivity index (χ1n) is 12.7. The molecule has 3 atom stereocenters. The number of carbonyl (C=O) groups is 5. The van der Waals surface area contributed by atoms with Crippen molar-refractivity contribution in [2.45, 2.75) is 71.7 Å². The van der Waals surface area contributed by atoms with E-state index in [1.54, 1.807) is 20.0 Å². The Labute approximate surface area is 230 Å². The number of rotatable bonds is 15. The average Bonchev–Trinajstić information content (AvgIpc) is 3.59. The van der Waals surface area contributed by atoms with Crippen molar-refractivity contribution in [3.63, 3.8) is 0 Å². The highest BCUT2D eigenvalue weighted by molar-refractivity contribution is 6.05. The van der Waals surface area contributed by atoms with Gasteiger partial charge in [0.1, 0.15) is 17.5 Å². The Kier molecular flexibility index (Phi) is 11.7. The van der Waals surface area contributed by atoms with E-state index in [4.69, 9.17) is 0 Å². The summed E-state index contributed by atoms with van der Waals surface area (Å²) in [6.45, 7) is 7.29. The van der Waals surface area contributed by atoms with Crippen LogP contribution in [0, 0.1) is 5.41 Å². The number of hydrogen-bond donors (Lipinski definition) is 8. The third-order valence-electron chi connectivity index (χ3n) is 5.70. The van der Waals surface area contributed by atoms with Crippen molar-refractivity contribution in [2.75, 3.05) is 13.1 Å². The Balaban J connectivity index is 2.01. The molecule has 0 aliphatic heterocycles. The molecule has 2 heterocycles. The minimum atomic E-state index is -1.56. The van der Waals surface area contributed by atoms with E-state index in [9.17, 15) is 29.1 Å². The molecule has 0 saturated carbocycles. The fraction of sp³-hybridized carbons (Fsp3) is 0.609. The molecule has 0 aliphatic carbocycles. The quantitative estimate of drug-likeness (QED) is 0.101. The molecule has 2 aromatic rings. The van der Waals surface area contributed by atoms with Crippen LogP contribution in [-0.2, 0) is 36.8 Å². The van der Waals surface area contributed by atoms with Crippen molar-refractivity contribution in [3.05, 3.63) is 24.0 Å². The van der Waals surface area contributed by atoms with Gasteiger partial charge in [-0.05, 0) is 34.6 Å². The van der Waals surface area contributed by atoms with E-state index < -0.39 is 59.7 Å². The Morgan fingerprint density at radius 2 is 1.73 bits per heavy atom. The monoisotopic (exact) mass is 563 g/mol. The maximum absolute atomic E-state index is 13.1. The number of aliphatic hydroxyl groups is 1. The number of nitrogens with zero attached hydrogens (tertiary/aromatic N) is 4. The molecular weight excluding hydrogens is 526 g/mol. The van der Waals surface area contributed by atoms with Crippen molar-refractivity contribution in [2.24, 2.45) is 5.41 Å². The second-order valence-corrected chi connectivity index (χ2v) is 9.93. The van der Waals surface area contributed by atoms with Crippen LogP contribution < -0.4 is 26.6 Å². The molecule has 0 fully saturated rings. The lowest BCUT2D eigenvalue weighted by molar-refractivity contribution is -0.143. The lowest BCUT2D eigenvalue weighted by Crippen LogP contribution is -2.57. The first-order chi connectivity index (χ1) is 18.8. The van der Waals surface area contributed by atoms with E-state index >= 15 is 0 Å². The summed E-state index contributed by atoms with van der Waals surface area (Å²) in [5.41, 5.74) is -0.751. The van der Waals surface area contributed by atoms with Crippen LogP contribution in [0.4, 0.5) is 0 Å². The fourth-order valence-corrected chi connectivity index (χ4v) is 3.35. The van der Waals surface area contributed by atoms with Crippen molar-refractivity contribution >= 4 is 29.5 Å². The van der Waals surface area contributed by atoms with Crippen LogP contribution in [0.15, 0.2) is 12.5 Å². The van der Waals surface area contributed by atoms with E-state index in [1.807, 2.05) is 0 Å². The van der Waals surface area contributed by atoms with Crippen LogP contribution in [0.5, 0.6) is 0 Å². The topological polar surface area (TPSA) is 249 Å². The summed E-state index contributed by atoms with van der Waals surface area (Å²) in [5.74, 6) is -3.32. The summed E-state index contributed by atoms with van der Waals surface area (Å²) in [4.78, 5) is 70.3. The molecule has 0 bridgehead atoms. The Bertz CT molecular complexity index is 1130. The molecule has 8 N–H and O–H groups in total. The molecule has 0 saturated heterocycles. The number of carbonyl (C=O) groups excluding carboxylic acids is 5. The summed E-state index contributed by atoms with van der Waals surface area (Å²) < 4.78 is 0. The zero-order valence-electron chi connectivity index (χ0n) is 23.1. The van der Waals surface area contributed by atoms with Crippen LogP contribution in [-0.4, -0.2) is 103 Å². The minimum absolute atomic E-state index is 0.103. The molecule has 17 heteroatoms. The van der Waals surface area contributed by atoms with Crippen LogP contribution in [0.3, 0.4) is 0 Å². The maximum atomic E-state index is 13.1. The Hall–Kier alpha value is -4.41. The van der Waals surface area contributed by atoms with Crippen molar-refractivity contribution in [1.29, 1.82) is 0 Å². The van der Waals surface area contributed by atoms with E-state index in [1.165, 1.54) is 27.1 Å². The van der Waals surface area contributed by atoms with Gasteiger partial charge < -0.3 is 36.7 Å². The van der Waals surface area contributed by atoms with Gasteiger partial charge in [0.25, 0.3) is 0 Å². The molecule has 2 rings (SSSR count). The molecule has 0 aromatic carbocycles. The smallest absolute Gasteiger partial charge is 0.245 e. The summed E-state index contributed by atoms with van der Waals surface area (Å²) in [7, 11) is 0. The van der Waals surface area contributed by atoms with Gasteiger partial charge in [0.2, 0.25) is 29.5 Å². The first kappa shape index (κ1) is 31.8. The van der Waals surface area contributed by atoms with E-state index in [-0.39, 0.29) is 24.8 Å². The molecule has 17 nitrogen and oxygen atoms in total. The SMILES string of the molecule is CC(C)NC(=O)[C@@H](NC(=O)CNC(=O)[C@H](Cc1nn[nH]n1)NC(=O)C(C)(C)C(=O)NCCc1cnc[nH]1)[C@@H](C)O. The Morgan fingerprint density at radius 3 is 2.30 bits per heavy atom. The highest BCUT2D eigenvalue weighted by atomic mass is 16.3. The number of hydrogen-bond acceptors (Lipinski definition) is 10.